The molecule has 6 rings (SSSR count). The van der Waals surface area contributed by atoms with Gasteiger partial charge in [-0.05, 0) is 82.9 Å². The number of halogens is 2. The highest BCUT2D eigenvalue weighted by Gasteiger charge is 2.30. The molecule has 9 heteroatoms. The lowest BCUT2D eigenvalue weighted by Crippen LogP contribution is -2.36. The molecule has 3 heterocycles. The second-order valence-electron chi connectivity index (χ2n) is 9.38. The van der Waals surface area contributed by atoms with Crippen molar-refractivity contribution in [3.05, 3.63) is 124 Å². The largest absolute Gasteiger partial charge is 0.618 e. The van der Waals surface area contributed by atoms with Crippen LogP contribution in [0.3, 0.4) is 0 Å². The van der Waals surface area contributed by atoms with Crippen LogP contribution in [0.1, 0.15) is 28.3 Å². The van der Waals surface area contributed by atoms with Gasteiger partial charge in [0.25, 0.3) is 0 Å². The third kappa shape index (κ3) is 4.66. The Morgan fingerprint density at radius 2 is 1.89 bits per heavy atom. The van der Waals surface area contributed by atoms with Gasteiger partial charge in [0, 0.05) is 34.3 Å². The van der Waals surface area contributed by atoms with Gasteiger partial charge < -0.3 is 5.21 Å². The number of benzene rings is 3. The van der Waals surface area contributed by atoms with Gasteiger partial charge in [0.1, 0.15) is 12.1 Å². The van der Waals surface area contributed by atoms with Crippen LogP contribution in [0.15, 0.2) is 90.3 Å². The zero-order valence-electron chi connectivity index (χ0n) is 20.4. The maximum atomic E-state index is 13.6. The van der Waals surface area contributed by atoms with Gasteiger partial charge in [0.2, 0.25) is 5.69 Å². The fraction of sp³-hybridized carbons (Fsp3) is 0.138. The van der Waals surface area contributed by atoms with Crippen LogP contribution in [0.4, 0.5) is 10.1 Å². The summed E-state index contributed by atoms with van der Waals surface area (Å²) < 4.78 is 16.0. The summed E-state index contributed by atoms with van der Waals surface area (Å²) in [5.41, 5.74) is 7.68. The molecule has 0 spiro atoms. The zero-order valence-corrected chi connectivity index (χ0v) is 21.2. The van der Waals surface area contributed by atoms with Crippen LogP contribution < -0.4 is 4.73 Å². The van der Waals surface area contributed by atoms with E-state index in [1.165, 1.54) is 23.1 Å². The van der Waals surface area contributed by atoms with Gasteiger partial charge >= 0.3 is 0 Å². The average molecular weight is 525 g/mol. The fourth-order valence-electron chi connectivity index (χ4n) is 4.90. The molecule has 0 saturated heterocycles. The molecule has 3 aromatic carbocycles. The van der Waals surface area contributed by atoms with Crippen LogP contribution in [-0.4, -0.2) is 25.9 Å². The quantitative estimate of drug-likeness (QED) is 0.210. The molecule has 0 aliphatic carbocycles. The molecule has 0 fully saturated rings. The first-order valence-corrected chi connectivity index (χ1v) is 12.5. The van der Waals surface area contributed by atoms with Gasteiger partial charge in [-0.15, -0.1) is 5.10 Å². The van der Waals surface area contributed by atoms with Crippen LogP contribution >= 0.6 is 11.6 Å². The van der Waals surface area contributed by atoms with E-state index in [-0.39, 0.29) is 11.7 Å². The van der Waals surface area contributed by atoms with Gasteiger partial charge in [-0.1, -0.05) is 35.9 Å². The SMILES string of the molecule is Cc1ccc2c(c1)N=C([C@H](Cc1ccc(F)cc1)c1ccc(-c3cc(Cl)ccc3-n3cnnn3)c[n+]1[O-])C2. The molecule has 1 atom stereocenters. The van der Waals surface area contributed by atoms with Crippen molar-refractivity contribution in [1.29, 1.82) is 0 Å². The van der Waals surface area contributed by atoms with E-state index in [1.54, 1.807) is 36.5 Å². The molecular weight excluding hydrogens is 503 g/mol. The minimum atomic E-state index is -0.297. The van der Waals surface area contributed by atoms with Crippen molar-refractivity contribution in [2.45, 2.75) is 25.7 Å². The highest BCUT2D eigenvalue weighted by atomic mass is 35.5. The van der Waals surface area contributed by atoms with Gasteiger partial charge in [0.15, 0.2) is 6.20 Å². The van der Waals surface area contributed by atoms with E-state index in [1.807, 2.05) is 19.1 Å². The van der Waals surface area contributed by atoms with Crippen molar-refractivity contribution in [2.24, 2.45) is 4.99 Å². The molecule has 5 aromatic rings. The highest BCUT2D eigenvalue weighted by Crippen LogP contribution is 2.35. The monoisotopic (exact) mass is 524 g/mol. The van der Waals surface area contributed by atoms with Crippen molar-refractivity contribution in [3.8, 4) is 16.8 Å². The third-order valence-electron chi connectivity index (χ3n) is 6.80. The normalized spacial score (nSPS) is 13.3. The molecule has 0 amide bonds. The van der Waals surface area contributed by atoms with Crippen molar-refractivity contribution < 1.29 is 9.12 Å². The Morgan fingerprint density at radius 3 is 2.66 bits per heavy atom. The van der Waals surface area contributed by atoms with E-state index < -0.39 is 0 Å². The van der Waals surface area contributed by atoms with Gasteiger partial charge in [-0.3, -0.25) is 4.99 Å². The minimum Gasteiger partial charge on any atom is -0.618 e. The summed E-state index contributed by atoms with van der Waals surface area (Å²) in [6.07, 6.45) is 4.20. The molecule has 1 aliphatic rings. The predicted molar refractivity (Wildman–Crippen MR) is 143 cm³/mol. The summed E-state index contributed by atoms with van der Waals surface area (Å²) in [4.78, 5) is 4.93. The van der Waals surface area contributed by atoms with Crippen LogP contribution in [0.25, 0.3) is 16.8 Å². The summed E-state index contributed by atoms with van der Waals surface area (Å²) in [7, 11) is 0. The van der Waals surface area contributed by atoms with Gasteiger partial charge in [-0.25, -0.2) is 4.39 Å². The first-order valence-electron chi connectivity index (χ1n) is 12.1. The number of hydrogen-bond donors (Lipinski definition) is 0. The molecule has 38 heavy (non-hydrogen) atoms. The number of aliphatic imine (C=N–C) groups is 1. The Bertz CT molecular complexity index is 1670. The van der Waals surface area contributed by atoms with Gasteiger partial charge in [0.05, 0.1) is 17.3 Å². The van der Waals surface area contributed by atoms with Crippen molar-refractivity contribution in [2.75, 3.05) is 0 Å². The smallest absolute Gasteiger partial charge is 0.201 e. The third-order valence-corrected chi connectivity index (χ3v) is 7.03. The number of hydrogen-bond acceptors (Lipinski definition) is 5. The van der Waals surface area contributed by atoms with E-state index in [2.05, 4.69) is 33.7 Å². The number of aromatic nitrogens is 5. The average Bonchev–Trinajstić information content (AvgIpc) is 3.59. The number of aryl methyl sites for hydroxylation is 1. The summed E-state index contributed by atoms with van der Waals surface area (Å²) in [6.45, 7) is 2.04. The first-order chi connectivity index (χ1) is 18.4. The van der Waals surface area contributed by atoms with Crippen molar-refractivity contribution in [1.82, 2.24) is 20.2 Å². The van der Waals surface area contributed by atoms with Crippen LogP contribution in [0, 0.1) is 17.9 Å². The van der Waals surface area contributed by atoms with Crippen LogP contribution in [-0.2, 0) is 12.8 Å². The highest BCUT2D eigenvalue weighted by molar-refractivity contribution is 6.31. The van der Waals surface area contributed by atoms with E-state index in [9.17, 15) is 9.60 Å². The van der Waals surface area contributed by atoms with Crippen LogP contribution in [0.5, 0.6) is 0 Å². The Morgan fingerprint density at radius 1 is 1.05 bits per heavy atom. The minimum absolute atomic E-state index is 0.293. The zero-order chi connectivity index (χ0) is 26.2. The van der Waals surface area contributed by atoms with E-state index in [0.29, 0.717) is 34.8 Å². The second-order valence-corrected chi connectivity index (χ2v) is 9.82. The first kappa shape index (κ1) is 23.9. The summed E-state index contributed by atoms with van der Waals surface area (Å²) in [6, 6.07) is 21.7. The lowest BCUT2D eigenvalue weighted by molar-refractivity contribution is -0.614. The Balaban J connectivity index is 1.41. The molecular formula is C29H22ClFN6O. The maximum Gasteiger partial charge on any atom is 0.201 e. The molecule has 0 radical (unpaired) electrons. The second kappa shape index (κ2) is 9.79. The summed E-state index contributed by atoms with van der Waals surface area (Å²) in [5, 5.41) is 25.5. The number of pyridine rings is 1. The maximum absolute atomic E-state index is 13.6. The molecule has 1 aliphatic heterocycles. The van der Waals surface area contributed by atoms with Crippen LogP contribution in [0.2, 0.25) is 5.02 Å². The van der Waals surface area contributed by atoms with Crippen molar-refractivity contribution in [3.63, 3.8) is 0 Å². The standard InChI is InChI=1S/C29H22ClFN6O/c1-18-2-5-20-14-27(33-26(20)12-18)25(13-19-3-8-23(31)9-4-19)29-10-6-21(16-37(29)38)24-15-22(30)7-11-28(24)36-17-32-34-35-36/h2-12,15-17,25H,13-14H2,1H3/t25-/m0/s1. The molecule has 7 nitrogen and oxygen atoms in total. The molecule has 0 N–H and O–H groups in total. The molecule has 2 aromatic heterocycles. The Kier molecular flexibility index (Phi) is 6.17. The molecule has 0 bridgehead atoms. The van der Waals surface area contributed by atoms with Crippen molar-refractivity contribution >= 4 is 23.0 Å². The summed E-state index contributed by atoms with van der Waals surface area (Å²) in [5.74, 6) is -0.590. The number of rotatable bonds is 6. The number of tetrazole rings is 1. The van der Waals surface area contributed by atoms with Gasteiger partial charge in [-0.2, -0.15) is 9.41 Å². The topological polar surface area (TPSA) is 82.9 Å². The Hall–Kier alpha value is -4.43. The lowest BCUT2D eigenvalue weighted by Gasteiger charge is -2.18. The predicted octanol–water partition coefficient (Wildman–Crippen LogP) is 5.72. The Labute approximate surface area is 223 Å². The molecule has 0 saturated carbocycles. The van der Waals surface area contributed by atoms with E-state index >= 15 is 0 Å². The summed E-state index contributed by atoms with van der Waals surface area (Å²) >= 11 is 6.30. The fourth-order valence-corrected chi connectivity index (χ4v) is 5.07. The lowest BCUT2D eigenvalue weighted by atomic mass is 9.88. The van der Waals surface area contributed by atoms with E-state index in [4.69, 9.17) is 16.6 Å². The van der Waals surface area contributed by atoms with E-state index in [0.717, 1.165) is 38.4 Å². The molecule has 188 valence electrons. The number of nitrogens with zero attached hydrogens (tertiary/aromatic N) is 6. The molecule has 0 unspecified atom stereocenters. The number of fused-ring (bicyclic) bond motifs is 1.